The van der Waals surface area contributed by atoms with Gasteiger partial charge in [0.2, 0.25) is 5.43 Å². The number of hydrogen-bond acceptors (Lipinski definition) is 5. The van der Waals surface area contributed by atoms with Crippen molar-refractivity contribution in [1.29, 1.82) is 0 Å². The molecule has 144 valence electrons. The molecule has 2 aromatic rings. The molecule has 0 radical (unpaired) electrons. The normalized spacial score (nSPS) is 19.7. The minimum atomic E-state index is -0.535. The van der Waals surface area contributed by atoms with Gasteiger partial charge in [-0.05, 0) is 36.5 Å². The summed E-state index contributed by atoms with van der Waals surface area (Å²) in [5.41, 5.74) is 0.210. The Hall–Kier alpha value is -2.87. The first-order valence-corrected chi connectivity index (χ1v) is 8.52. The second-order valence-corrected chi connectivity index (χ2v) is 6.51. The number of carbonyl (C=O) groups excluding carboxylic acids is 1. The summed E-state index contributed by atoms with van der Waals surface area (Å²) in [5, 5.41) is 12.5. The molecule has 3 N–H and O–H groups in total. The number of pyridine rings is 1. The molecule has 1 aliphatic rings. The van der Waals surface area contributed by atoms with E-state index in [9.17, 15) is 19.1 Å². The molecule has 1 fully saturated rings. The van der Waals surface area contributed by atoms with Gasteiger partial charge in [-0.3, -0.25) is 9.59 Å². The highest BCUT2D eigenvalue weighted by Gasteiger charge is 2.36. The summed E-state index contributed by atoms with van der Waals surface area (Å²) in [6, 6.07) is 5.12. The first-order chi connectivity index (χ1) is 12.9. The zero-order chi connectivity index (χ0) is 19.6. The fourth-order valence-corrected chi connectivity index (χ4v) is 3.22. The predicted molar refractivity (Wildman–Crippen MR) is 95.5 cm³/mol. The molecule has 1 aromatic heterocycles. The molecule has 3 rings (SSSR count). The fraction of sp³-hybridized carbons (Fsp3) is 0.368. The van der Waals surface area contributed by atoms with Crippen molar-refractivity contribution in [3.05, 3.63) is 57.8 Å². The van der Waals surface area contributed by atoms with E-state index < -0.39 is 29.3 Å². The van der Waals surface area contributed by atoms with Crippen LogP contribution in [0, 0.1) is 11.7 Å². The van der Waals surface area contributed by atoms with Crippen LogP contribution in [0.3, 0.4) is 0 Å². The van der Waals surface area contributed by atoms with E-state index in [2.05, 4.69) is 10.3 Å². The molecular formula is C19H21FN2O5. The topological polar surface area (TPSA) is 101 Å². The number of methoxy groups -OCH3 is 2. The maximum absolute atomic E-state index is 14.1. The summed E-state index contributed by atoms with van der Waals surface area (Å²) >= 11 is 0. The number of amides is 1. The largest absolute Gasteiger partial charge is 0.494 e. The Morgan fingerprint density at radius 2 is 1.96 bits per heavy atom. The van der Waals surface area contributed by atoms with Crippen molar-refractivity contribution in [1.82, 2.24) is 10.3 Å². The number of benzene rings is 1. The lowest BCUT2D eigenvalue weighted by molar-refractivity contribution is 0.0234. The van der Waals surface area contributed by atoms with E-state index in [1.54, 1.807) is 6.07 Å². The van der Waals surface area contributed by atoms with E-state index in [4.69, 9.17) is 9.47 Å². The number of H-pyrrole nitrogens is 1. The number of halogens is 1. The molecule has 1 unspecified atom stereocenters. The molecule has 8 heteroatoms. The third-order valence-electron chi connectivity index (χ3n) is 4.78. The van der Waals surface area contributed by atoms with Crippen molar-refractivity contribution in [3.8, 4) is 11.5 Å². The van der Waals surface area contributed by atoms with Crippen LogP contribution in [-0.2, 0) is 0 Å². The van der Waals surface area contributed by atoms with E-state index in [0.717, 1.165) is 6.07 Å². The second kappa shape index (κ2) is 7.79. The van der Waals surface area contributed by atoms with Crippen LogP contribution in [-0.4, -0.2) is 36.3 Å². The van der Waals surface area contributed by atoms with E-state index in [-0.39, 0.29) is 23.1 Å². The lowest BCUT2D eigenvalue weighted by Gasteiger charge is -2.38. The quantitative estimate of drug-likeness (QED) is 0.713. The Morgan fingerprint density at radius 3 is 2.52 bits per heavy atom. The van der Waals surface area contributed by atoms with Gasteiger partial charge in [-0.1, -0.05) is 6.07 Å². The lowest BCUT2D eigenvalue weighted by Crippen LogP contribution is -2.41. The zero-order valence-electron chi connectivity index (χ0n) is 15.0. The molecule has 0 saturated heterocycles. The zero-order valence-corrected chi connectivity index (χ0v) is 15.0. The minimum Gasteiger partial charge on any atom is -0.494 e. The van der Waals surface area contributed by atoms with E-state index >= 15 is 0 Å². The van der Waals surface area contributed by atoms with Crippen LogP contribution < -0.4 is 20.2 Å². The van der Waals surface area contributed by atoms with Crippen LogP contribution in [0.5, 0.6) is 11.5 Å². The van der Waals surface area contributed by atoms with E-state index in [0.29, 0.717) is 18.4 Å². The summed E-state index contributed by atoms with van der Waals surface area (Å²) < 4.78 is 23.9. The SMILES string of the molecule is COc1ccc(C(NC(=O)c2cc(=O)c(OC)c[nH]2)C2CC(O)C2)cc1F. The molecule has 1 atom stereocenters. The number of hydrogen-bond donors (Lipinski definition) is 3. The number of rotatable bonds is 6. The monoisotopic (exact) mass is 376 g/mol. The Morgan fingerprint density at radius 1 is 1.26 bits per heavy atom. The molecule has 1 aliphatic carbocycles. The van der Waals surface area contributed by atoms with E-state index in [1.807, 2.05) is 0 Å². The van der Waals surface area contributed by atoms with Crippen molar-refractivity contribution in [3.63, 3.8) is 0 Å². The van der Waals surface area contributed by atoms with Gasteiger partial charge in [0.05, 0.1) is 26.4 Å². The number of ether oxygens (including phenoxy) is 2. The molecule has 7 nitrogen and oxygen atoms in total. The average Bonchev–Trinajstić information content (AvgIpc) is 2.63. The Bertz CT molecular complexity index is 892. The number of carbonyl (C=O) groups is 1. The highest BCUT2D eigenvalue weighted by atomic mass is 19.1. The summed E-state index contributed by atoms with van der Waals surface area (Å²) in [6.07, 6.45) is 1.88. The molecule has 1 aromatic carbocycles. The van der Waals surface area contributed by atoms with Crippen LogP contribution in [0.25, 0.3) is 0 Å². The van der Waals surface area contributed by atoms with Crippen molar-refractivity contribution in [2.24, 2.45) is 5.92 Å². The molecular weight excluding hydrogens is 355 g/mol. The molecule has 27 heavy (non-hydrogen) atoms. The summed E-state index contributed by atoms with van der Waals surface area (Å²) in [4.78, 5) is 27.2. The highest BCUT2D eigenvalue weighted by Crippen LogP contribution is 2.39. The Labute approximate surface area is 155 Å². The third-order valence-corrected chi connectivity index (χ3v) is 4.78. The standard InChI is InChI=1S/C19H21FN2O5/c1-26-16-4-3-10(7-13(16)20)18(11-5-12(23)6-11)22-19(25)14-8-15(24)17(27-2)9-21-14/h3-4,7-9,11-12,18,23H,5-6H2,1-2H3,(H,21,24)(H,22,25). The number of nitrogens with one attached hydrogen (secondary N) is 2. The van der Waals surface area contributed by atoms with E-state index in [1.165, 1.54) is 32.5 Å². The summed E-state index contributed by atoms with van der Waals surface area (Å²) in [7, 11) is 2.74. The van der Waals surface area contributed by atoms with Crippen LogP contribution in [0.2, 0.25) is 0 Å². The van der Waals surface area contributed by atoms with Crippen molar-refractivity contribution >= 4 is 5.91 Å². The maximum Gasteiger partial charge on any atom is 0.268 e. The van der Waals surface area contributed by atoms with Crippen LogP contribution >= 0.6 is 0 Å². The average molecular weight is 376 g/mol. The van der Waals surface area contributed by atoms with Gasteiger partial charge in [-0.2, -0.15) is 0 Å². The van der Waals surface area contributed by atoms with Crippen molar-refractivity contribution in [2.75, 3.05) is 14.2 Å². The van der Waals surface area contributed by atoms with Gasteiger partial charge in [0, 0.05) is 12.3 Å². The van der Waals surface area contributed by atoms with Crippen molar-refractivity contribution < 1.29 is 23.8 Å². The molecule has 1 saturated carbocycles. The van der Waals surface area contributed by atoms with Gasteiger partial charge in [0.15, 0.2) is 17.3 Å². The first kappa shape index (κ1) is 18.9. The summed E-state index contributed by atoms with van der Waals surface area (Å²) in [5.74, 6) is -0.870. The van der Waals surface area contributed by atoms with Gasteiger partial charge in [0.1, 0.15) is 5.69 Å². The van der Waals surface area contributed by atoms with Crippen LogP contribution in [0.15, 0.2) is 35.3 Å². The smallest absolute Gasteiger partial charge is 0.268 e. The van der Waals surface area contributed by atoms with Gasteiger partial charge < -0.3 is 24.9 Å². The minimum absolute atomic E-state index is 0.0401. The molecule has 0 aliphatic heterocycles. The first-order valence-electron chi connectivity index (χ1n) is 8.52. The van der Waals surface area contributed by atoms with Gasteiger partial charge >= 0.3 is 0 Å². The van der Waals surface area contributed by atoms with Gasteiger partial charge in [-0.15, -0.1) is 0 Å². The third kappa shape index (κ3) is 3.95. The second-order valence-electron chi connectivity index (χ2n) is 6.51. The van der Waals surface area contributed by atoms with Gasteiger partial charge in [-0.25, -0.2) is 4.39 Å². The number of aromatic nitrogens is 1. The van der Waals surface area contributed by atoms with Crippen LogP contribution in [0.1, 0.15) is 34.9 Å². The molecule has 1 heterocycles. The molecule has 1 amide bonds. The summed E-state index contributed by atoms with van der Waals surface area (Å²) in [6.45, 7) is 0. The number of aliphatic hydroxyl groups is 1. The number of aliphatic hydroxyl groups excluding tert-OH is 1. The lowest BCUT2D eigenvalue weighted by atomic mass is 9.75. The molecule has 0 bridgehead atoms. The number of aromatic amines is 1. The van der Waals surface area contributed by atoms with Crippen LogP contribution in [0.4, 0.5) is 4.39 Å². The maximum atomic E-state index is 14.1. The Balaban J connectivity index is 1.86. The Kier molecular flexibility index (Phi) is 5.46. The predicted octanol–water partition coefficient (Wildman–Crippen LogP) is 1.77. The highest BCUT2D eigenvalue weighted by molar-refractivity contribution is 5.92. The van der Waals surface area contributed by atoms with Crippen molar-refractivity contribution in [2.45, 2.75) is 25.0 Å². The molecule has 0 spiro atoms. The van der Waals surface area contributed by atoms with Gasteiger partial charge in [0.25, 0.3) is 5.91 Å². The fourth-order valence-electron chi connectivity index (χ4n) is 3.22.